The Morgan fingerprint density at radius 1 is 1.08 bits per heavy atom. The van der Waals surface area contributed by atoms with Crippen molar-refractivity contribution in [2.24, 2.45) is 7.05 Å². The summed E-state index contributed by atoms with van der Waals surface area (Å²) >= 11 is 1.93. The summed E-state index contributed by atoms with van der Waals surface area (Å²) in [4.78, 5) is 1.34. The van der Waals surface area contributed by atoms with Crippen molar-refractivity contribution < 1.29 is 4.74 Å². The maximum atomic E-state index is 6.23. The maximum absolute atomic E-state index is 6.23. The zero-order valence-corrected chi connectivity index (χ0v) is 16.5. The van der Waals surface area contributed by atoms with E-state index in [1.165, 1.54) is 38.7 Å². The minimum atomic E-state index is 0.930. The first-order valence-corrected chi connectivity index (χ1v) is 10.3. The third kappa shape index (κ3) is 3.16. The normalized spacial score (nSPS) is 14.6. The summed E-state index contributed by atoms with van der Waals surface area (Å²) in [5.74, 6) is 3.18. The molecule has 0 atom stereocenters. The number of rotatable bonds is 5. The molecule has 0 radical (unpaired) electrons. The average Bonchev–Trinajstić information content (AvgIpc) is 2.94. The molecule has 0 bridgehead atoms. The van der Waals surface area contributed by atoms with Gasteiger partial charge in [0.05, 0.1) is 0 Å². The fourth-order valence-electron chi connectivity index (χ4n) is 3.58. The molecule has 0 saturated heterocycles. The quantitative estimate of drug-likeness (QED) is 0.461. The van der Waals surface area contributed by atoms with Gasteiger partial charge in [-0.1, -0.05) is 25.1 Å². The molecule has 1 heterocycles. The van der Waals surface area contributed by atoms with E-state index >= 15 is 0 Å². The molecule has 4 rings (SSSR count). The lowest BCUT2D eigenvalue weighted by molar-refractivity contribution is 0.398. The van der Waals surface area contributed by atoms with Crippen molar-refractivity contribution in [3.8, 4) is 5.75 Å². The molecule has 3 aromatic rings. The highest BCUT2D eigenvalue weighted by atomic mass is 32.2. The van der Waals surface area contributed by atoms with Crippen molar-refractivity contribution in [3.05, 3.63) is 59.9 Å². The molecule has 0 saturated carbocycles. The van der Waals surface area contributed by atoms with Crippen LogP contribution in [0.3, 0.4) is 0 Å². The van der Waals surface area contributed by atoms with Gasteiger partial charge in [-0.05, 0) is 61.4 Å². The first-order chi connectivity index (χ1) is 12.7. The van der Waals surface area contributed by atoms with Crippen LogP contribution < -0.4 is 4.74 Å². The lowest BCUT2D eigenvalue weighted by atomic mass is 10.1. The van der Waals surface area contributed by atoms with Crippen molar-refractivity contribution in [1.29, 1.82) is 0 Å². The lowest BCUT2D eigenvalue weighted by Gasteiger charge is -2.14. The molecule has 0 spiro atoms. The van der Waals surface area contributed by atoms with E-state index in [2.05, 4.69) is 74.0 Å². The van der Waals surface area contributed by atoms with E-state index in [1.807, 2.05) is 11.8 Å². The van der Waals surface area contributed by atoms with E-state index in [9.17, 15) is 0 Å². The number of hydrogen-bond acceptors (Lipinski definition) is 2. The summed E-state index contributed by atoms with van der Waals surface area (Å²) in [6, 6.07) is 13.3. The zero-order chi connectivity index (χ0) is 18.1. The van der Waals surface area contributed by atoms with E-state index in [4.69, 9.17) is 4.74 Å². The number of benzene rings is 2. The minimum Gasteiger partial charge on any atom is -0.461 e. The van der Waals surface area contributed by atoms with Crippen LogP contribution in [-0.2, 0) is 7.05 Å². The van der Waals surface area contributed by atoms with Gasteiger partial charge < -0.3 is 9.30 Å². The van der Waals surface area contributed by atoms with E-state index < -0.39 is 0 Å². The Morgan fingerprint density at radius 3 is 2.77 bits per heavy atom. The monoisotopic (exact) mass is 363 g/mol. The molecule has 0 unspecified atom stereocenters. The summed E-state index contributed by atoms with van der Waals surface area (Å²) in [5, 5.41) is 2.56. The van der Waals surface area contributed by atoms with E-state index in [0.29, 0.717) is 0 Å². The molecule has 134 valence electrons. The molecule has 2 nitrogen and oxygen atoms in total. The Hall–Kier alpha value is -2.13. The number of nitrogens with zero attached hydrogens (tertiary/aromatic N) is 1. The average molecular weight is 364 g/mol. The minimum absolute atomic E-state index is 0.930. The highest BCUT2D eigenvalue weighted by Gasteiger charge is 2.12. The number of ether oxygens (including phenoxy) is 1. The first kappa shape index (κ1) is 17.3. The van der Waals surface area contributed by atoms with Crippen LogP contribution in [-0.4, -0.2) is 10.3 Å². The molecular weight excluding hydrogens is 338 g/mol. The van der Waals surface area contributed by atoms with Crippen molar-refractivity contribution in [2.45, 2.75) is 38.0 Å². The van der Waals surface area contributed by atoms with Crippen LogP contribution in [0.4, 0.5) is 0 Å². The Morgan fingerprint density at radius 2 is 1.96 bits per heavy atom. The molecule has 0 fully saturated rings. The maximum Gasteiger partial charge on any atom is 0.127 e. The number of fused-ring (bicyclic) bond motifs is 3. The third-order valence-electron chi connectivity index (χ3n) is 5.01. The van der Waals surface area contributed by atoms with Crippen LogP contribution in [0.25, 0.3) is 21.8 Å². The van der Waals surface area contributed by atoms with Gasteiger partial charge in [0.1, 0.15) is 11.5 Å². The molecule has 0 aliphatic heterocycles. The van der Waals surface area contributed by atoms with Crippen LogP contribution in [0.1, 0.15) is 33.1 Å². The molecule has 2 aromatic carbocycles. The highest BCUT2D eigenvalue weighted by molar-refractivity contribution is 7.99. The topological polar surface area (TPSA) is 14.2 Å². The summed E-state index contributed by atoms with van der Waals surface area (Å²) < 4.78 is 8.52. The van der Waals surface area contributed by atoms with Crippen LogP contribution in [0, 0.1) is 0 Å². The first-order valence-electron chi connectivity index (χ1n) is 9.36. The second-order valence-corrected chi connectivity index (χ2v) is 8.08. The van der Waals surface area contributed by atoms with Crippen LogP contribution in [0.5, 0.6) is 5.75 Å². The summed E-state index contributed by atoms with van der Waals surface area (Å²) in [7, 11) is 2.15. The predicted molar refractivity (Wildman–Crippen MR) is 113 cm³/mol. The summed E-state index contributed by atoms with van der Waals surface area (Å²) in [6.45, 7) is 4.35. The standard InChI is InChI=1S/C23H25NOS/c1-4-13-26-18-10-11-19-20-14-17(25-23-8-6-5-7-16(23)2)9-12-21(20)24(3)22(19)15-18/h5,7,9-12,14-15H,4,6,8,13H2,1-3H3. The van der Waals surface area contributed by atoms with Gasteiger partial charge in [-0.3, -0.25) is 0 Å². The molecule has 26 heavy (non-hydrogen) atoms. The molecular formula is C23H25NOS. The Kier molecular flexibility index (Phi) is 4.82. The van der Waals surface area contributed by atoms with Gasteiger partial charge in [-0.2, -0.15) is 0 Å². The van der Waals surface area contributed by atoms with Gasteiger partial charge in [0.2, 0.25) is 0 Å². The molecule has 0 N–H and O–H groups in total. The van der Waals surface area contributed by atoms with Crippen molar-refractivity contribution >= 4 is 33.6 Å². The van der Waals surface area contributed by atoms with E-state index in [-0.39, 0.29) is 0 Å². The van der Waals surface area contributed by atoms with Crippen LogP contribution in [0.2, 0.25) is 0 Å². The fraction of sp³-hybridized carbons (Fsp3) is 0.304. The second-order valence-electron chi connectivity index (χ2n) is 6.91. The van der Waals surface area contributed by atoms with Crippen molar-refractivity contribution in [1.82, 2.24) is 4.57 Å². The predicted octanol–water partition coefficient (Wildman–Crippen LogP) is 6.84. The van der Waals surface area contributed by atoms with Crippen LogP contribution >= 0.6 is 11.8 Å². The Labute approximate surface area is 159 Å². The smallest absolute Gasteiger partial charge is 0.127 e. The van der Waals surface area contributed by atoms with E-state index in [1.54, 1.807) is 0 Å². The van der Waals surface area contributed by atoms with Gasteiger partial charge in [-0.15, -0.1) is 11.8 Å². The third-order valence-corrected chi connectivity index (χ3v) is 6.21. The Bertz CT molecular complexity index is 1030. The zero-order valence-electron chi connectivity index (χ0n) is 15.7. The van der Waals surface area contributed by atoms with Gasteiger partial charge in [0.25, 0.3) is 0 Å². The fourth-order valence-corrected chi connectivity index (χ4v) is 4.38. The highest BCUT2D eigenvalue weighted by Crippen LogP contribution is 2.34. The van der Waals surface area contributed by atoms with Crippen LogP contribution in [0.15, 0.2) is 64.8 Å². The number of thioether (sulfide) groups is 1. The lowest BCUT2D eigenvalue weighted by Crippen LogP contribution is -2.00. The Balaban J connectivity index is 1.75. The molecule has 1 aliphatic rings. The number of hydrogen-bond donors (Lipinski definition) is 0. The summed E-state index contributed by atoms with van der Waals surface area (Å²) in [5.41, 5.74) is 3.76. The van der Waals surface area contributed by atoms with Crippen molar-refractivity contribution in [2.75, 3.05) is 5.75 Å². The number of allylic oxidation sites excluding steroid dienone is 4. The molecule has 0 amide bonds. The summed E-state index contributed by atoms with van der Waals surface area (Å²) in [6.07, 6.45) is 7.60. The van der Waals surface area contributed by atoms with Gasteiger partial charge >= 0.3 is 0 Å². The SMILES string of the molecule is CCCSc1ccc2c3cc(OC4=C(C)C=CCC4)ccc3n(C)c2c1. The second kappa shape index (κ2) is 7.24. The van der Waals surface area contributed by atoms with Gasteiger partial charge in [-0.25, -0.2) is 0 Å². The largest absolute Gasteiger partial charge is 0.461 e. The number of aromatic nitrogens is 1. The van der Waals surface area contributed by atoms with E-state index in [0.717, 1.165) is 30.1 Å². The molecule has 1 aliphatic carbocycles. The molecule has 3 heteroatoms. The molecule has 1 aromatic heterocycles. The van der Waals surface area contributed by atoms with Gasteiger partial charge in [0, 0.05) is 40.2 Å². The number of aryl methyl sites for hydroxylation is 1. The van der Waals surface area contributed by atoms with Gasteiger partial charge in [0.15, 0.2) is 0 Å². The van der Waals surface area contributed by atoms with Crippen molar-refractivity contribution in [3.63, 3.8) is 0 Å².